The Bertz CT molecular complexity index is 199. The van der Waals surface area contributed by atoms with Crippen LogP contribution < -0.4 is 10.1 Å². The summed E-state index contributed by atoms with van der Waals surface area (Å²) in [6, 6.07) is 8.56. The van der Waals surface area contributed by atoms with Crippen LogP contribution in [0.25, 0.3) is 0 Å². The van der Waals surface area contributed by atoms with Gasteiger partial charge in [-0.25, -0.2) is 0 Å². The highest BCUT2D eigenvalue weighted by atomic mass is 16.5. The fourth-order valence-electron chi connectivity index (χ4n) is 0.872. The lowest BCUT2D eigenvalue weighted by Crippen LogP contribution is -1.96. The van der Waals surface area contributed by atoms with Crippen molar-refractivity contribution in [3.05, 3.63) is 24.3 Å². The van der Waals surface area contributed by atoms with Gasteiger partial charge in [0.25, 0.3) is 0 Å². The molecule has 1 aliphatic rings. The van der Waals surface area contributed by atoms with Crippen molar-refractivity contribution in [3.8, 4) is 5.75 Å². The molecule has 2 nitrogen and oxygen atoms in total. The van der Waals surface area contributed by atoms with Gasteiger partial charge in [0, 0.05) is 0 Å². The van der Waals surface area contributed by atoms with Crippen LogP contribution in [-0.4, -0.2) is 6.73 Å². The molecular formula is C7H6NO. The van der Waals surface area contributed by atoms with Crippen LogP contribution in [0.15, 0.2) is 18.2 Å². The molecule has 0 saturated heterocycles. The van der Waals surface area contributed by atoms with E-state index in [1.807, 2.05) is 18.2 Å². The number of anilines is 1. The van der Waals surface area contributed by atoms with Gasteiger partial charge < -0.3 is 10.1 Å². The summed E-state index contributed by atoms with van der Waals surface area (Å²) in [5, 5.41) is 3.06. The van der Waals surface area contributed by atoms with Crippen molar-refractivity contribution in [2.45, 2.75) is 0 Å². The van der Waals surface area contributed by atoms with Crippen LogP contribution in [0.4, 0.5) is 5.69 Å². The molecule has 1 N–H and O–H groups in total. The minimum Gasteiger partial charge on any atom is -0.471 e. The Morgan fingerprint density at radius 2 is 2.67 bits per heavy atom. The molecule has 2 heteroatoms. The predicted molar refractivity (Wildman–Crippen MR) is 34.4 cm³/mol. The van der Waals surface area contributed by atoms with Crippen LogP contribution in [-0.2, 0) is 0 Å². The first kappa shape index (κ1) is 4.68. The minimum absolute atomic E-state index is 0.590. The van der Waals surface area contributed by atoms with E-state index in [4.69, 9.17) is 4.74 Å². The van der Waals surface area contributed by atoms with Gasteiger partial charge in [-0.1, -0.05) is 6.07 Å². The zero-order valence-electron chi connectivity index (χ0n) is 4.85. The highest BCUT2D eigenvalue weighted by Crippen LogP contribution is 2.26. The second-order valence-corrected chi connectivity index (χ2v) is 1.89. The largest absolute Gasteiger partial charge is 0.471 e. The molecule has 0 aliphatic carbocycles. The average molecular weight is 120 g/mol. The number of benzene rings is 1. The molecule has 0 bridgehead atoms. The maximum Gasteiger partial charge on any atom is 0.159 e. The van der Waals surface area contributed by atoms with Crippen molar-refractivity contribution >= 4 is 5.69 Å². The maximum absolute atomic E-state index is 5.16. The van der Waals surface area contributed by atoms with Gasteiger partial charge in [-0.2, -0.15) is 0 Å². The number of nitrogens with one attached hydrogen (secondary N) is 1. The summed E-state index contributed by atoms with van der Waals surface area (Å²) in [5.41, 5.74) is 1.06. The first-order valence-corrected chi connectivity index (χ1v) is 2.83. The molecule has 0 fully saturated rings. The number of rotatable bonds is 0. The quantitative estimate of drug-likeness (QED) is 0.556. The van der Waals surface area contributed by atoms with Crippen molar-refractivity contribution in [1.29, 1.82) is 0 Å². The van der Waals surface area contributed by atoms with Crippen molar-refractivity contribution < 1.29 is 4.74 Å². The Morgan fingerprint density at radius 1 is 1.67 bits per heavy atom. The highest BCUT2D eigenvalue weighted by molar-refractivity contribution is 5.58. The van der Waals surface area contributed by atoms with E-state index in [0.29, 0.717) is 6.73 Å². The lowest BCUT2D eigenvalue weighted by atomic mass is 10.3. The summed E-state index contributed by atoms with van der Waals surface area (Å²) in [4.78, 5) is 0. The molecule has 1 heterocycles. The first-order chi connectivity index (χ1) is 4.47. The Balaban J connectivity index is 2.54. The molecule has 0 aromatic heterocycles. The van der Waals surface area contributed by atoms with Crippen LogP contribution >= 0.6 is 0 Å². The second-order valence-electron chi connectivity index (χ2n) is 1.89. The van der Waals surface area contributed by atoms with Gasteiger partial charge in [-0.05, 0) is 18.2 Å². The third-order valence-electron chi connectivity index (χ3n) is 1.32. The Hall–Kier alpha value is -1.18. The smallest absolute Gasteiger partial charge is 0.159 e. The minimum atomic E-state index is 0.590. The Kier molecular flexibility index (Phi) is 0.859. The molecule has 1 aliphatic heterocycles. The monoisotopic (exact) mass is 120 g/mol. The van der Waals surface area contributed by atoms with Gasteiger partial charge in [-0.15, -0.1) is 0 Å². The zero-order valence-corrected chi connectivity index (χ0v) is 4.85. The highest BCUT2D eigenvalue weighted by Gasteiger charge is 2.07. The van der Waals surface area contributed by atoms with Gasteiger partial charge in [0.1, 0.15) is 5.75 Å². The molecule has 0 unspecified atom stereocenters. The second kappa shape index (κ2) is 1.65. The molecular weight excluding hydrogens is 114 g/mol. The van der Waals surface area contributed by atoms with Crippen molar-refractivity contribution in [2.24, 2.45) is 0 Å². The average Bonchev–Trinajstić information content (AvgIpc) is 2.33. The molecule has 0 atom stereocenters. The summed E-state index contributed by atoms with van der Waals surface area (Å²) in [6.45, 7) is 0.590. The van der Waals surface area contributed by atoms with Crippen LogP contribution in [0.5, 0.6) is 5.75 Å². The molecule has 1 aromatic carbocycles. The Labute approximate surface area is 53.5 Å². The molecule has 0 saturated carbocycles. The van der Waals surface area contributed by atoms with Gasteiger partial charge in [0.15, 0.2) is 6.73 Å². The van der Waals surface area contributed by atoms with E-state index in [-0.39, 0.29) is 0 Å². The summed E-state index contributed by atoms with van der Waals surface area (Å²) in [6.07, 6.45) is 0. The summed E-state index contributed by atoms with van der Waals surface area (Å²) in [7, 11) is 0. The van der Waals surface area contributed by atoms with Gasteiger partial charge >= 0.3 is 0 Å². The lowest BCUT2D eigenvalue weighted by Gasteiger charge is -1.91. The zero-order chi connectivity index (χ0) is 6.10. The molecule has 1 radical (unpaired) electrons. The van der Waals surface area contributed by atoms with Crippen LogP contribution in [0.3, 0.4) is 0 Å². The van der Waals surface area contributed by atoms with E-state index < -0.39 is 0 Å². The third-order valence-corrected chi connectivity index (χ3v) is 1.32. The van der Waals surface area contributed by atoms with E-state index in [9.17, 15) is 0 Å². The van der Waals surface area contributed by atoms with E-state index in [1.54, 1.807) is 0 Å². The van der Waals surface area contributed by atoms with E-state index in [0.717, 1.165) is 11.4 Å². The standard InChI is InChI=1S/C7H6NO/c1-2-4-7-6(3-1)8-5-9-7/h1,3-4,8H,5H2. The van der Waals surface area contributed by atoms with Crippen LogP contribution in [0, 0.1) is 6.07 Å². The maximum atomic E-state index is 5.16. The summed E-state index contributed by atoms with van der Waals surface area (Å²) in [5.74, 6) is 0.900. The van der Waals surface area contributed by atoms with E-state index in [1.165, 1.54) is 0 Å². The van der Waals surface area contributed by atoms with Gasteiger partial charge in [-0.3, -0.25) is 0 Å². The number of hydrogen-bond acceptors (Lipinski definition) is 2. The van der Waals surface area contributed by atoms with Crippen LogP contribution in [0.1, 0.15) is 0 Å². The molecule has 2 rings (SSSR count). The predicted octanol–water partition coefficient (Wildman–Crippen LogP) is 1.25. The molecule has 0 spiro atoms. The lowest BCUT2D eigenvalue weighted by molar-refractivity contribution is 0.372. The Morgan fingerprint density at radius 3 is 3.56 bits per heavy atom. The molecule has 45 valence electrons. The normalized spacial score (nSPS) is 13.8. The molecule has 1 aromatic rings. The van der Waals surface area contributed by atoms with Gasteiger partial charge in [0.2, 0.25) is 0 Å². The third kappa shape index (κ3) is 0.633. The van der Waals surface area contributed by atoms with Gasteiger partial charge in [0.05, 0.1) is 5.69 Å². The van der Waals surface area contributed by atoms with E-state index in [2.05, 4.69) is 11.4 Å². The SMILES string of the molecule is [c]1ccc2c(c1)OCN2. The van der Waals surface area contributed by atoms with Crippen LogP contribution in [0.2, 0.25) is 0 Å². The fraction of sp³-hybridized carbons (Fsp3) is 0.143. The summed E-state index contributed by atoms with van der Waals surface area (Å²) >= 11 is 0. The van der Waals surface area contributed by atoms with E-state index >= 15 is 0 Å². The van der Waals surface area contributed by atoms with Crippen molar-refractivity contribution in [3.63, 3.8) is 0 Å². The summed E-state index contributed by atoms with van der Waals surface area (Å²) < 4.78 is 5.16. The van der Waals surface area contributed by atoms with Crippen molar-refractivity contribution in [2.75, 3.05) is 12.0 Å². The fourth-order valence-corrected chi connectivity index (χ4v) is 0.872. The topological polar surface area (TPSA) is 21.3 Å². The number of fused-ring (bicyclic) bond motifs is 1. The molecule has 0 amide bonds. The van der Waals surface area contributed by atoms with Crippen molar-refractivity contribution in [1.82, 2.24) is 0 Å². The number of hydrogen-bond donors (Lipinski definition) is 1. The number of ether oxygens (including phenoxy) is 1. The first-order valence-electron chi connectivity index (χ1n) is 2.83. The molecule has 9 heavy (non-hydrogen) atoms.